The average Bonchev–Trinajstić information content (AvgIpc) is 3.15. The number of aliphatic hydroxyl groups excluding tert-OH is 1. The Hall–Kier alpha value is -1.17. The first kappa shape index (κ1) is 21.5. The number of nitrogens with zero attached hydrogens (tertiary/aromatic N) is 1. The third kappa shape index (κ3) is 5.05. The molecule has 4 rings (SSSR count). The summed E-state index contributed by atoms with van der Waals surface area (Å²) in [6, 6.07) is 5.14. The van der Waals surface area contributed by atoms with Crippen LogP contribution in [-0.2, 0) is 6.42 Å². The third-order valence-electron chi connectivity index (χ3n) is 6.87. The van der Waals surface area contributed by atoms with E-state index in [9.17, 15) is 4.39 Å². The van der Waals surface area contributed by atoms with Gasteiger partial charge >= 0.3 is 0 Å². The Kier molecular flexibility index (Phi) is 8.12. The van der Waals surface area contributed by atoms with E-state index in [0.717, 1.165) is 76.1 Å². The van der Waals surface area contributed by atoms with E-state index in [2.05, 4.69) is 16.3 Å². The lowest BCUT2D eigenvalue weighted by Gasteiger charge is -2.39. The van der Waals surface area contributed by atoms with Gasteiger partial charge in [-0.05, 0) is 87.7 Å². The summed E-state index contributed by atoms with van der Waals surface area (Å²) < 4.78 is 14.8. The van der Waals surface area contributed by atoms with Gasteiger partial charge in [-0.25, -0.2) is 4.39 Å². The van der Waals surface area contributed by atoms with Gasteiger partial charge in [-0.15, -0.1) is 0 Å². The zero-order valence-corrected chi connectivity index (χ0v) is 17.4. The van der Waals surface area contributed by atoms with Crippen molar-refractivity contribution < 1.29 is 9.50 Å². The summed E-state index contributed by atoms with van der Waals surface area (Å²) in [5.41, 5.74) is 8.91. The molecule has 1 saturated carbocycles. The molecule has 1 aromatic carbocycles. The highest BCUT2D eigenvalue weighted by Crippen LogP contribution is 2.37. The van der Waals surface area contributed by atoms with Crippen LogP contribution in [0.3, 0.4) is 0 Å². The summed E-state index contributed by atoms with van der Waals surface area (Å²) in [5, 5.41) is 10.5. The minimum absolute atomic E-state index is 0.00755. The third-order valence-corrected chi connectivity index (χ3v) is 6.87. The highest BCUT2D eigenvalue weighted by Gasteiger charge is 2.29. The van der Waals surface area contributed by atoms with Gasteiger partial charge in [0.05, 0.1) is 0 Å². The van der Waals surface area contributed by atoms with Gasteiger partial charge in [0.2, 0.25) is 0 Å². The van der Waals surface area contributed by atoms with Crippen molar-refractivity contribution in [1.82, 2.24) is 4.90 Å². The van der Waals surface area contributed by atoms with Gasteiger partial charge in [0.25, 0.3) is 0 Å². The van der Waals surface area contributed by atoms with Crippen LogP contribution in [0, 0.1) is 5.82 Å². The van der Waals surface area contributed by atoms with Crippen molar-refractivity contribution in [2.45, 2.75) is 82.2 Å². The summed E-state index contributed by atoms with van der Waals surface area (Å²) in [6.07, 6.45) is 12.3. The number of piperidine rings is 1. The number of aliphatic hydroxyl groups is 1. The fourth-order valence-electron chi connectivity index (χ4n) is 5.35. The average molecular weight is 392 g/mol. The summed E-state index contributed by atoms with van der Waals surface area (Å²) in [6.45, 7) is 3.01. The highest BCUT2D eigenvalue weighted by atomic mass is 19.1. The molecule has 2 heterocycles. The summed E-state index contributed by atoms with van der Waals surface area (Å²) in [5.74, 6) is 0.384. The van der Waals surface area contributed by atoms with Crippen LogP contribution in [0.25, 0.3) is 0 Å². The van der Waals surface area contributed by atoms with Gasteiger partial charge in [-0.2, -0.15) is 0 Å². The van der Waals surface area contributed by atoms with Crippen molar-refractivity contribution in [1.29, 1.82) is 0 Å². The molecular formula is C23H38FN3O. The summed E-state index contributed by atoms with van der Waals surface area (Å²) in [7, 11) is 1.00. The molecule has 1 unspecified atom stereocenters. The highest BCUT2D eigenvalue weighted by molar-refractivity contribution is 5.58. The smallest absolute Gasteiger partial charge is 0.128 e. The number of hydrogen-bond donors (Lipinski definition) is 3. The van der Waals surface area contributed by atoms with Crippen molar-refractivity contribution in [3.8, 4) is 0 Å². The van der Waals surface area contributed by atoms with Gasteiger partial charge < -0.3 is 21.1 Å². The van der Waals surface area contributed by atoms with Crippen LogP contribution in [0.2, 0.25) is 0 Å². The lowest BCUT2D eigenvalue weighted by molar-refractivity contribution is 0.121. The number of nitrogens with one attached hydrogen (secondary N) is 1. The zero-order chi connectivity index (χ0) is 19.9. The Morgan fingerprint density at radius 2 is 1.82 bits per heavy atom. The number of hydrogen-bond acceptors (Lipinski definition) is 4. The molecule has 1 aromatic rings. The van der Waals surface area contributed by atoms with E-state index in [1.807, 2.05) is 0 Å². The minimum Gasteiger partial charge on any atom is -0.400 e. The molecule has 0 aromatic heterocycles. The Bertz CT molecular complexity index is 610. The molecule has 0 amide bonds. The van der Waals surface area contributed by atoms with Crippen LogP contribution in [-0.4, -0.2) is 48.8 Å². The molecule has 5 heteroatoms. The second-order valence-corrected chi connectivity index (χ2v) is 8.61. The molecule has 1 saturated heterocycles. The monoisotopic (exact) mass is 391 g/mol. The maximum absolute atomic E-state index is 14.8. The molecule has 0 spiro atoms. The molecule has 3 aliphatic rings. The fraction of sp³-hybridized carbons (Fsp3) is 0.739. The van der Waals surface area contributed by atoms with E-state index in [-0.39, 0.29) is 5.82 Å². The molecular weight excluding hydrogens is 353 g/mol. The first-order chi connectivity index (χ1) is 13.7. The van der Waals surface area contributed by atoms with Crippen LogP contribution in [0.15, 0.2) is 12.1 Å². The number of fused-ring (bicyclic) bond motifs is 1. The summed E-state index contributed by atoms with van der Waals surface area (Å²) in [4.78, 5) is 2.69. The van der Waals surface area contributed by atoms with Crippen LogP contribution >= 0.6 is 0 Å². The molecule has 4 N–H and O–H groups in total. The first-order valence-corrected chi connectivity index (χ1v) is 11.2. The molecule has 0 radical (unpaired) electrons. The van der Waals surface area contributed by atoms with Crippen LogP contribution in [0.1, 0.15) is 74.8 Å². The van der Waals surface area contributed by atoms with Gasteiger partial charge in [-0.3, -0.25) is 0 Å². The van der Waals surface area contributed by atoms with Crippen LogP contribution in [0.5, 0.6) is 0 Å². The number of likely N-dealkylation sites (tertiary alicyclic amines) is 1. The van der Waals surface area contributed by atoms with E-state index in [0.29, 0.717) is 12.0 Å². The molecule has 1 aliphatic carbocycles. The number of nitrogens with two attached hydrogens (primary N) is 1. The van der Waals surface area contributed by atoms with Gasteiger partial charge in [0, 0.05) is 24.9 Å². The maximum Gasteiger partial charge on any atom is 0.128 e. The Balaban J connectivity index is 0.00000109. The second-order valence-electron chi connectivity index (χ2n) is 8.61. The number of anilines is 1. The van der Waals surface area contributed by atoms with Crippen molar-refractivity contribution in [2.24, 2.45) is 5.73 Å². The molecule has 1 atom stereocenters. The predicted octanol–water partition coefficient (Wildman–Crippen LogP) is 4.02. The molecule has 2 fully saturated rings. The Labute approximate surface area is 169 Å². The van der Waals surface area contributed by atoms with E-state index in [4.69, 9.17) is 10.8 Å². The van der Waals surface area contributed by atoms with E-state index >= 15 is 0 Å². The second kappa shape index (κ2) is 10.6. The zero-order valence-electron chi connectivity index (χ0n) is 17.4. The van der Waals surface area contributed by atoms with E-state index in [1.54, 1.807) is 6.07 Å². The van der Waals surface area contributed by atoms with Crippen LogP contribution < -0.4 is 11.1 Å². The van der Waals surface area contributed by atoms with Crippen molar-refractivity contribution in [2.75, 3.05) is 32.1 Å². The SMILES string of the molecule is CO.NCCCC1Cc2cc(C3CCN(C4CCCCC4)CC3)c(F)cc2N1. The quantitative estimate of drug-likeness (QED) is 0.709. The summed E-state index contributed by atoms with van der Waals surface area (Å²) >= 11 is 0. The van der Waals surface area contributed by atoms with Gasteiger partial charge in [0.15, 0.2) is 0 Å². The largest absolute Gasteiger partial charge is 0.400 e. The Morgan fingerprint density at radius 3 is 2.50 bits per heavy atom. The molecule has 158 valence electrons. The van der Waals surface area contributed by atoms with Crippen molar-refractivity contribution in [3.05, 3.63) is 29.1 Å². The number of halogens is 1. The molecule has 4 nitrogen and oxygen atoms in total. The van der Waals surface area contributed by atoms with Crippen LogP contribution in [0.4, 0.5) is 10.1 Å². The number of rotatable bonds is 5. The predicted molar refractivity (Wildman–Crippen MR) is 114 cm³/mol. The number of benzene rings is 1. The van der Waals surface area contributed by atoms with Gasteiger partial charge in [-0.1, -0.05) is 25.3 Å². The first-order valence-electron chi connectivity index (χ1n) is 11.2. The fourth-order valence-corrected chi connectivity index (χ4v) is 5.35. The molecule has 2 aliphatic heterocycles. The lowest BCUT2D eigenvalue weighted by Crippen LogP contribution is -2.42. The van der Waals surface area contributed by atoms with Gasteiger partial charge in [0.1, 0.15) is 5.82 Å². The topological polar surface area (TPSA) is 61.5 Å². The van der Waals surface area contributed by atoms with E-state index in [1.165, 1.54) is 37.7 Å². The van der Waals surface area contributed by atoms with Crippen molar-refractivity contribution >= 4 is 5.69 Å². The molecule has 28 heavy (non-hydrogen) atoms. The normalized spacial score (nSPS) is 23.6. The molecule has 0 bridgehead atoms. The Morgan fingerprint density at radius 1 is 1.11 bits per heavy atom. The standard InChI is InChI=1S/C22H34FN3.CH4O/c23-21-15-22-17(13-18(25-22)5-4-10-24)14-20(21)16-8-11-26(12-9-16)19-6-2-1-3-7-19;1-2/h14-16,18-19,25H,1-13,24H2;2H,1H3. The maximum atomic E-state index is 14.8. The van der Waals surface area contributed by atoms with E-state index < -0.39 is 0 Å². The lowest BCUT2D eigenvalue weighted by atomic mass is 9.85. The minimum atomic E-state index is -0.00755. The van der Waals surface area contributed by atoms with Crippen molar-refractivity contribution in [3.63, 3.8) is 0 Å².